The Hall–Kier alpha value is -0.970. The van der Waals surface area contributed by atoms with Crippen LogP contribution in [0.1, 0.15) is 11.1 Å². The van der Waals surface area contributed by atoms with Crippen LogP contribution in [0.2, 0.25) is 5.02 Å². The van der Waals surface area contributed by atoms with E-state index in [1.807, 2.05) is 0 Å². The molecule has 96 valence electrons. The minimum Gasteiger partial charge on any atom is -0.506 e. The predicted octanol–water partition coefficient (Wildman–Crippen LogP) is 1.82. The average Bonchev–Trinajstić information content (AvgIpc) is 2.24. The largest absolute Gasteiger partial charge is 0.506 e. The molecule has 6 heteroatoms. The molecule has 0 bridgehead atoms. The number of rotatable bonds is 3. The van der Waals surface area contributed by atoms with Gasteiger partial charge in [0.05, 0.1) is 12.1 Å². The number of phenolic OH excluding ortho intramolecular Hbond substituents is 1. The summed E-state index contributed by atoms with van der Waals surface area (Å²) in [7, 11) is 1.29. The summed E-state index contributed by atoms with van der Waals surface area (Å²) in [6, 6.07) is 2.61. The number of ether oxygens (including phenoxy) is 1. The Morgan fingerprint density at radius 2 is 2.18 bits per heavy atom. The van der Waals surface area contributed by atoms with Gasteiger partial charge in [-0.1, -0.05) is 17.7 Å². The zero-order valence-electron chi connectivity index (χ0n) is 9.57. The van der Waals surface area contributed by atoms with E-state index in [1.165, 1.54) is 7.11 Å². The van der Waals surface area contributed by atoms with Gasteiger partial charge in [-0.25, -0.2) is 0 Å². The first-order valence-electron chi connectivity index (χ1n) is 4.77. The average molecular weight is 280 g/mol. The lowest BCUT2D eigenvalue weighted by Crippen LogP contribution is -2.33. The van der Waals surface area contributed by atoms with Crippen molar-refractivity contribution in [1.82, 2.24) is 0 Å². The minimum atomic E-state index is -0.718. The number of aromatic hydroxyl groups is 1. The third kappa shape index (κ3) is 4.07. The van der Waals surface area contributed by atoms with Crippen LogP contribution in [-0.4, -0.2) is 24.2 Å². The molecule has 0 heterocycles. The van der Waals surface area contributed by atoms with Crippen LogP contribution in [0.25, 0.3) is 0 Å². The molecule has 0 amide bonds. The predicted molar refractivity (Wildman–Crippen MR) is 68.8 cm³/mol. The summed E-state index contributed by atoms with van der Waals surface area (Å²) >= 11 is 5.81. The van der Waals surface area contributed by atoms with Crippen LogP contribution >= 0.6 is 24.0 Å². The van der Waals surface area contributed by atoms with E-state index in [2.05, 4.69) is 4.74 Å². The molecule has 0 spiro atoms. The van der Waals surface area contributed by atoms with Crippen molar-refractivity contribution in [1.29, 1.82) is 0 Å². The second kappa shape index (κ2) is 6.69. The van der Waals surface area contributed by atoms with Crippen molar-refractivity contribution in [2.24, 2.45) is 5.73 Å². The Bertz CT molecular complexity index is 387. The highest BCUT2D eigenvalue weighted by Crippen LogP contribution is 2.28. The molecule has 0 saturated heterocycles. The van der Waals surface area contributed by atoms with Crippen molar-refractivity contribution in [3.05, 3.63) is 28.3 Å². The van der Waals surface area contributed by atoms with Gasteiger partial charge in [0.2, 0.25) is 0 Å². The van der Waals surface area contributed by atoms with Crippen molar-refractivity contribution in [2.75, 3.05) is 7.11 Å². The van der Waals surface area contributed by atoms with Crippen LogP contribution in [0.5, 0.6) is 5.75 Å². The van der Waals surface area contributed by atoms with Gasteiger partial charge < -0.3 is 15.6 Å². The normalized spacial score (nSPS) is 11.5. The molecule has 1 atom stereocenters. The van der Waals surface area contributed by atoms with Crippen molar-refractivity contribution >= 4 is 30.0 Å². The van der Waals surface area contributed by atoms with E-state index in [0.29, 0.717) is 12.0 Å². The summed E-state index contributed by atoms with van der Waals surface area (Å²) < 4.78 is 4.52. The number of esters is 1. The summed E-state index contributed by atoms with van der Waals surface area (Å²) in [6.45, 7) is 1.73. The topological polar surface area (TPSA) is 72.5 Å². The van der Waals surface area contributed by atoms with E-state index in [0.717, 1.165) is 5.56 Å². The number of halogens is 2. The zero-order valence-corrected chi connectivity index (χ0v) is 11.1. The van der Waals surface area contributed by atoms with Gasteiger partial charge in [0.1, 0.15) is 11.8 Å². The van der Waals surface area contributed by atoms with E-state index >= 15 is 0 Å². The van der Waals surface area contributed by atoms with Gasteiger partial charge in [0, 0.05) is 0 Å². The van der Waals surface area contributed by atoms with Crippen LogP contribution < -0.4 is 5.73 Å². The maximum absolute atomic E-state index is 11.1. The van der Waals surface area contributed by atoms with Crippen LogP contribution in [0.3, 0.4) is 0 Å². The van der Waals surface area contributed by atoms with Crippen molar-refractivity contribution in [2.45, 2.75) is 19.4 Å². The highest BCUT2D eigenvalue weighted by molar-refractivity contribution is 6.32. The second-order valence-electron chi connectivity index (χ2n) is 3.58. The summed E-state index contributed by atoms with van der Waals surface area (Å²) in [6.07, 6.45) is 0.327. The molecule has 3 N–H and O–H groups in total. The molecule has 0 saturated carbocycles. The van der Waals surface area contributed by atoms with Gasteiger partial charge in [-0.3, -0.25) is 4.79 Å². The monoisotopic (exact) mass is 279 g/mol. The Kier molecular flexibility index (Phi) is 6.31. The number of aryl methyl sites for hydroxylation is 1. The number of phenols is 1. The molecule has 1 aromatic rings. The number of carbonyl (C=O) groups is 1. The molecular weight excluding hydrogens is 265 g/mol. The standard InChI is InChI=1S/C11H14ClNO3.ClH/c1-6-3-7(4-8(12)10(6)14)5-9(13)11(15)16-2;/h3-4,9,14H,5,13H2,1-2H3;1H/t9-;/m0./s1. The van der Waals surface area contributed by atoms with E-state index in [9.17, 15) is 9.90 Å². The fourth-order valence-electron chi connectivity index (χ4n) is 1.41. The summed E-state index contributed by atoms with van der Waals surface area (Å²) in [5.41, 5.74) is 7.06. The molecule has 1 aromatic carbocycles. The zero-order chi connectivity index (χ0) is 12.3. The smallest absolute Gasteiger partial charge is 0.322 e. The lowest BCUT2D eigenvalue weighted by molar-refractivity contribution is -0.142. The van der Waals surface area contributed by atoms with E-state index in [4.69, 9.17) is 17.3 Å². The number of nitrogens with two attached hydrogens (primary N) is 1. The molecule has 0 aliphatic carbocycles. The van der Waals surface area contributed by atoms with Crippen LogP contribution in [0.15, 0.2) is 12.1 Å². The van der Waals surface area contributed by atoms with E-state index in [1.54, 1.807) is 19.1 Å². The van der Waals surface area contributed by atoms with Crippen molar-refractivity contribution in [3.63, 3.8) is 0 Å². The first kappa shape index (κ1) is 16.0. The lowest BCUT2D eigenvalue weighted by atomic mass is 10.0. The van der Waals surface area contributed by atoms with Gasteiger partial charge >= 0.3 is 5.97 Å². The van der Waals surface area contributed by atoms with Crippen molar-refractivity contribution < 1.29 is 14.6 Å². The number of carbonyl (C=O) groups excluding carboxylic acids is 1. The molecule has 0 aliphatic heterocycles. The van der Waals surface area contributed by atoms with Crippen LogP contribution in [0, 0.1) is 6.92 Å². The molecule has 0 aromatic heterocycles. The Morgan fingerprint density at radius 1 is 1.59 bits per heavy atom. The maximum Gasteiger partial charge on any atom is 0.322 e. The third-order valence-corrected chi connectivity index (χ3v) is 2.56. The number of benzene rings is 1. The molecule has 0 radical (unpaired) electrons. The number of methoxy groups -OCH3 is 1. The van der Waals surface area contributed by atoms with Gasteiger partial charge in [0.15, 0.2) is 0 Å². The van der Waals surface area contributed by atoms with Gasteiger partial charge in [-0.2, -0.15) is 0 Å². The molecule has 17 heavy (non-hydrogen) atoms. The summed E-state index contributed by atoms with van der Waals surface area (Å²) in [4.78, 5) is 11.1. The molecular formula is C11H15Cl2NO3. The fourth-order valence-corrected chi connectivity index (χ4v) is 1.70. The highest BCUT2D eigenvalue weighted by atomic mass is 35.5. The van der Waals surface area contributed by atoms with E-state index in [-0.39, 0.29) is 23.2 Å². The van der Waals surface area contributed by atoms with E-state index < -0.39 is 12.0 Å². The molecule has 4 nitrogen and oxygen atoms in total. The Balaban J connectivity index is 0.00000256. The summed E-state index contributed by atoms with van der Waals surface area (Å²) in [5.74, 6) is -0.418. The highest BCUT2D eigenvalue weighted by Gasteiger charge is 2.15. The molecule has 1 rings (SSSR count). The molecule has 0 fully saturated rings. The number of hydrogen-bond donors (Lipinski definition) is 2. The molecule has 0 unspecified atom stereocenters. The minimum absolute atomic E-state index is 0. The first-order chi connectivity index (χ1) is 7.45. The van der Waals surface area contributed by atoms with Gasteiger partial charge in [-0.15, -0.1) is 12.4 Å². The molecule has 0 aliphatic rings. The first-order valence-corrected chi connectivity index (χ1v) is 5.15. The maximum atomic E-state index is 11.1. The Labute approximate surface area is 111 Å². The SMILES string of the molecule is COC(=O)[C@@H](N)Cc1cc(C)c(O)c(Cl)c1.Cl. The van der Waals surface area contributed by atoms with Gasteiger partial charge in [-0.05, 0) is 30.5 Å². The van der Waals surface area contributed by atoms with Crippen LogP contribution in [0.4, 0.5) is 0 Å². The lowest BCUT2D eigenvalue weighted by Gasteiger charge is -2.11. The Morgan fingerprint density at radius 3 is 2.65 bits per heavy atom. The summed E-state index contributed by atoms with van der Waals surface area (Å²) in [5, 5.41) is 9.72. The fraction of sp³-hybridized carbons (Fsp3) is 0.364. The second-order valence-corrected chi connectivity index (χ2v) is 3.98. The van der Waals surface area contributed by atoms with Crippen molar-refractivity contribution in [3.8, 4) is 5.75 Å². The third-order valence-electron chi connectivity index (χ3n) is 2.27. The van der Waals surface area contributed by atoms with Crippen LogP contribution in [-0.2, 0) is 16.0 Å². The van der Waals surface area contributed by atoms with Gasteiger partial charge in [0.25, 0.3) is 0 Å². The number of hydrogen-bond acceptors (Lipinski definition) is 4. The quantitative estimate of drug-likeness (QED) is 0.828.